The topological polar surface area (TPSA) is 82.5 Å². The van der Waals surface area contributed by atoms with E-state index in [0.717, 1.165) is 15.8 Å². The second kappa shape index (κ2) is 10.4. The van der Waals surface area contributed by atoms with Crippen molar-refractivity contribution in [3.63, 3.8) is 0 Å². The molecule has 180 valence electrons. The number of hydrazone groups is 1. The first kappa shape index (κ1) is 24.0. The fraction of sp³-hybridized carbons (Fsp3) is 0.192. The number of benzene rings is 3. The molecule has 1 aromatic heterocycles. The van der Waals surface area contributed by atoms with Crippen molar-refractivity contribution >= 4 is 38.8 Å². The molecule has 0 saturated heterocycles. The summed E-state index contributed by atoms with van der Waals surface area (Å²) < 4.78 is 22.4. The number of thiazole rings is 1. The van der Waals surface area contributed by atoms with E-state index in [-0.39, 0.29) is 5.91 Å². The molecule has 0 aliphatic heterocycles. The molecule has 35 heavy (non-hydrogen) atoms. The highest BCUT2D eigenvalue weighted by molar-refractivity contribution is 7.22. The maximum Gasteiger partial charge on any atom is 0.280 e. The van der Waals surface area contributed by atoms with Crippen LogP contribution in [-0.2, 0) is 0 Å². The molecule has 1 amide bonds. The molecule has 3 aromatic carbocycles. The van der Waals surface area contributed by atoms with Crippen LogP contribution in [0.25, 0.3) is 10.2 Å². The maximum absolute atomic E-state index is 13.5. The Hall–Kier alpha value is -4.11. The molecule has 9 heteroatoms. The number of ether oxygens (including phenoxy) is 4. The van der Waals surface area contributed by atoms with E-state index in [2.05, 4.69) is 10.1 Å². The number of carbonyl (C=O) groups is 1. The van der Waals surface area contributed by atoms with Crippen molar-refractivity contribution in [3.8, 4) is 23.0 Å². The van der Waals surface area contributed by atoms with Gasteiger partial charge in [-0.3, -0.25) is 4.79 Å². The molecule has 0 spiro atoms. The maximum atomic E-state index is 13.5. The minimum atomic E-state index is -0.327. The second-order valence-corrected chi connectivity index (χ2v) is 8.53. The number of carbonyl (C=O) groups excluding carboxylic acids is 1. The number of hydrogen-bond donors (Lipinski definition) is 0. The van der Waals surface area contributed by atoms with Gasteiger partial charge in [-0.25, -0.2) is 4.98 Å². The van der Waals surface area contributed by atoms with Gasteiger partial charge < -0.3 is 18.9 Å². The van der Waals surface area contributed by atoms with Crippen LogP contribution in [-0.4, -0.2) is 45.5 Å². The van der Waals surface area contributed by atoms with Crippen LogP contribution in [0.15, 0.2) is 59.7 Å². The summed E-state index contributed by atoms with van der Waals surface area (Å²) in [4.78, 5) is 18.2. The van der Waals surface area contributed by atoms with Gasteiger partial charge >= 0.3 is 0 Å². The molecule has 0 fully saturated rings. The van der Waals surface area contributed by atoms with Crippen LogP contribution in [0, 0.1) is 6.92 Å². The molecule has 0 saturated carbocycles. The van der Waals surface area contributed by atoms with Gasteiger partial charge in [0, 0.05) is 11.1 Å². The summed E-state index contributed by atoms with van der Waals surface area (Å²) in [6, 6.07) is 16.3. The Morgan fingerprint density at radius 1 is 0.914 bits per heavy atom. The van der Waals surface area contributed by atoms with Crippen LogP contribution in [0.3, 0.4) is 0 Å². The summed E-state index contributed by atoms with van der Waals surface area (Å²) in [6.07, 6.45) is 1.56. The van der Waals surface area contributed by atoms with E-state index >= 15 is 0 Å². The first-order chi connectivity index (χ1) is 17.0. The smallest absolute Gasteiger partial charge is 0.280 e. The van der Waals surface area contributed by atoms with Crippen LogP contribution in [0.5, 0.6) is 23.0 Å². The molecule has 0 aliphatic carbocycles. The molecule has 0 radical (unpaired) electrons. The van der Waals surface area contributed by atoms with Gasteiger partial charge in [-0.1, -0.05) is 17.4 Å². The lowest BCUT2D eigenvalue weighted by Crippen LogP contribution is -2.25. The summed E-state index contributed by atoms with van der Waals surface area (Å²) >= 11 is 1.39. The van der Waals surface area contributed by atoms with Gasteiger partial charge in [0.25, 0.3) is 5.91 Å². The Kier molecular flexibility index (Phi) is 7.17. The van der Waals surface area contributed by atoms with Crippen molar-refractivity contribution in [2.45, 2.75) is 6.92 Å². The van der Waals surface area contributed by atoms with Crippen molar-refractivity contribution in [1.29, 1.82) is 0 Å². The standard InChI is InChI=1S/C26H25N3O5S/c1-16-6-11-20-23(12-16)35-26(28-20)29(25(30)18-7-9-19(31-2)10-8-18)27-15-17-13-21(32-3)24(34-5)22(14-17)33-4/h6-15H,1-5H3/b27-15+. The summed E-state index contributed by atoms with van der Waals surface area (Å²) in [5.41, 5.74) is 3.01. The Labute approximate surface area is 207 Å². The largest absolute Gasteiger partial charge is 0.497 e. The molecule has 0 bridgehead atoms. The molecule has 0 N–H and O–H groups in total. The van der Waals surface area contributed by atoms with E-state index in [4.69, 9.17) is 18.9 Å². The summed E-state index contributed by atoms with van der Waals surface area (Å²) in [5, 5.41) is 6.28. The third kappa shape index (κ3) is 5.04. The molecule has 4 aromatic rings. The molecule has 0 atom stereocenters. The molecule has 0 unspecified atom stereocenters. The van der Waals surface area contributed by atoms with Crippen LogP contribution in [0.1, 0.15) is 21.5 Å². The quantitative estimate of drug-likeness (QED) is 0.245. The number of amides is 1. The molecular formula is C26H25N3O5S. The fourth-order valence-electron chi connectivity index (χ4n) is 3.46. The Morgan fingerprint density at radius 3 is 2.20 bits per heavy atom. The van der Waals surface area contributed by atoms with Crippen LogP contribution >= 0.6 is 11.3 Å². The van der Waals surface area contributed by atoms with E-state index in [9.17, 15) is 4.79 Å². The Bertz CT molecular complexity index is 1360. The first-order valence-corrected chi connectivity index (χ1v) is 11.5. The van der Waals surface area contributed by atoms with Crippen molar-refractivity contribution in [2.24, 2.45) is 5.10 Å². The number of aromatic nitrogens is 1. The molecular weight excluding hydrogens is 466 g/mol. The van der Waals surface area contributed by atoms with E-state index in [1.165, 1.54) is 23.5 Å². The molecule has 0 aliphatic rings. The van der Waals surface area contributed by atoms with Gasteiger partial charge in [-0.2, -0.15) is 10.1 Å². The lowest BCUT2D eigenvalue weighted by atomic mass is 10.2. The van der Waals surface area contributed by atoms with Crippen LogP contribution < -0.4 is 24.0 Å². The Morgan fingerprint density at radius 2 is 1.60 bits per heavy atom. The Balaban J connectivity index is 1.77. The monoisotopic (exact) mass is 491 g/mol. The summed E-state index contributed by atoms with van der Waals surface area (Å²) in [6.45, 7) is 2.02. The molecule has 8 nitrogen and oxygen atoms in total. The number of rotatable bonds is 8. The van der Waals surface area contributed by atoms with Gasteiger partial charge in [0.05, 0.1) is 44.9 Å². The predicted molar refractivity (Wildman–Crippen MR) is 138 cm³/mol. The highest BCUT2D eigenvalue weighted by atomic mass is 32.1. The number of nitrogens with zero attached hydrogens (tertiary/aromatic N) is 3. The van der Waals surface area contributed by atoms with E-state index in [0.29, 0.717) is 39.3 Å². The zero-order valence-corrected chi connectivity index (χ0v) is 20.9. The van der Waals surface area contributed by atoms with Gasteiger partial charge in [-0.05, 0) is 61.0 Å². The minimum absolute atomic E-state index is 0.327. The third-order valence-corrected chi connectivity index (χ3v) is 6.25. The zero-order valence-electron chi connectivity index (χ0n) is 20.1. The number of hydrogen-bond acceptors (Lipinski definition) is 8. The van der Waals surface area contributed by atoms with Crippen LogP contribution in [0.2, 0.25) is 0 Å². The average Bonchev–Trinajstić information content (AvgIpc) is 3.30. The third-order valence-electron chi connectivity index (χ3n) is 5.25. The predicted octanol–water partition coefficient (Wildman–Crippen LogP) is 5.32. The molecule has 4 rings (SSSR count). The summed E-state index contributed by atoms with van der Waals surface area (Å²) in [5.74, 6) is 1.77. The van der Waals surface area contributed by atoms with E-state index < -0.39 is 0 Å². The molecule has 1 heterocycles. The van der Waals surface area contributed by atoms with Gasteiger partial charge in [0.1, 0.15) is 5.75 Å². The first-order valence-electron chi connectivity index (χ1n) is 10.7. The van der Waals surface area contributed by atoms with Crippen molar-refractivity contribution in [3.05, 3.63) is 71.3 Å². The number of methoxy groups -OCH3 is 4. The average molecular weight is 492 g/mol. The number of aryl methyl sites for hydroxylation is 1. The van der Waals surface area contributed by atoms with Crippen LogP contribution in [0.4, 0.5) is 5.13 Å². The normalized spacial score (nSPS) is 11.0. The van der Waals surface area contributed by atoms with Crippen molar-refractivity contribution in [2.75, 3.05) is 33.4 Å². The van der Waals surface area contributed by atoms with E-state index in [1.807, 2.05) is 25.1 Å². The van der Waals surface area contributed by atoms with Crippen molar-refractivity contribution < 1.29 is 23.7 Å². The lowest BCUT2D eigenvalue weighted by Gasteiger charge is -2.15. The van der Waals surface area contributed by atoms with E-state index in [1.54, 1.807) is 63.9 Å². The SMILES string of the molecule is COc1ccc(C(=O)N(/N=C/c2cc(OC)c(OC)c(OC)c2)c2nc3ccc(C)cc3s2)cc1. The van der Waals surface area contributed by atoms with Gasteiger partial charge in [0.2, 0.25) is 10.9 Å². The fourth-order valence-corrected chi connectivity index (χ4v) is 4.48. The highest BCUT2D eigenvalue weighted by Crippen LogP contribution is 2.38. The van der Waals surface area contributed by atoms with Gasteiger partial charge in [-0.15, -0.1) is 0 Å². The minimum Gasteiger partial charge on any atom is -0.497 e. The summed E-state index contributed by atoms with van der Waals surface area (Å²) in [7, 11) is 6.20. The number of anilines is 1. The number of fused-ring (bicyclic) bond motifs is 1. The highest BCUT2D eigenvalue weighted by Gasteiger charge is 2.21. The van der Waals surface area contributed by atoms with Gasteiger partial charge in [0.15, 0.2) is 11.5 Å². The second-order valence-electron chi connectivity index (χ2n) is 7.52. The zero-order chi connectivity index (χ0) is 24.9. The lowest BCUT2D eigenvalue weighted by molar-refractivity contribution is 0.0988. The van der Waals surface area contributed by atoms with Crippen molar-refractivity contribution in [1.82, 2.24) is 4.98 Å².